The van der Waals surface area contributed by atoms with E-state index in [1.54, 1.807) is 37.4 Å². The summed E-state index contributed by atoms with van der Waals surface area (Å²) in [5.41, 5.74) is 3.77. The molecule has 4 rings (SSSR count). The summed E-state index contributed by atoms with van der Waals surface area (Å²) < 4.78 is 5.31. The van der Waals surface area contributed by atoms with Gasteiger partial charge in [-0.3, -0.25) is 19.3 Å². The third-order valence-electron chi connectivity index (χ3n) is 5.58. The number of anilines is 1. The number of carbonyl (C=O) groups is 3. The Hall–Kier alpha value is -4.10. The summed E-state index contributed by atoms with van der Waals surface area (Å²) in [7, 11) is 1.55. The predicted octanol–water partition coefficient (Wildman–Crippen LogP) is 4.36. The van der Waals surface area contributed by atoms with Crippen LogP contribution in [0.5, 0.6) is 5.75 Å². The number of nitrogens with zero attached hydrogens (tertiary/aromatic N) is 1. The molecule has 0 saturated carbocycles. The number of ether oxygens (including phenoxy) is 1. The smallest absolute Gasteiger partial charge is 0.278 e. The highest BCUT2D eigenvalue weighted by Crippen LogP contribution is 2.26. The van der Waals surface area contributed by atoms with Crippen LogP contribution in [0.25, 0.3) is 0 Å². The summed E-state index contributed by atoms with van der Waals surface area (Å²) in [4.78, 5) is 39.1. The van der Waals surface area contributed by atoms with Gasteiger partial charge in [-0.15, -0.1) is 0 Å². The van der Waals surface area contributed by atoms with Crippen molar-refractivity contribution in [2.45, 2.75) is 20.0 Å². The summed E-state index contributed by atoms with van der Waals surface area (Å²) in [6.07, 6.45) is 0. The molecule has 0 aliphatic carbocycles. The van der Waals surface area contributed by atoms with Gasteiger partial charge in [0.05, 0.1) is 19.3 Å². The predicted molar refractivity (Wildman–Crippen MR) is 134 cm³/mol. The van der Waals surface area contributed by atoms with Crippen LogP contribution >= 0.6 is 11.6 Å². The van der Waals surface area contributed by atoms with Gasteiger partial charge in [0.1, 0.15) is 16.5 Å². The number of carbonyl (C=O) groups excluding carboxylic acids is 3. The molecule has 0 fully saturated rings. The topological polar surface area (TPSA) is 87.7 Å². The van der Waals surface area contributed by atoms with Gasteiger partial charge in [0.15, 0.2) is 0 Å². The molecule has 0 aromatic heterocycles. The molecule has 0 unspecified atom stereocenters. The van der Waals surface area contributed by atoms with Gasteiger partial charge in [0, 0.05) is 12.1 Å². The maximum absolute atomic E-state index is 12.8. The lowest BCUT2D eigenvalue weighted by atomic mass is 10.1. The van der Waals surface area contributed by atoms with Crippen LogP contribution in [-0.2, 0) is 22.7 Å². The van der Waals surface area contributed by atoms with Crippen molar-refractivity contribution in [3.8, 4) is 5.75 Å². The molecular weight excluding hydrogens is 466 g/mol. The molecule has 0 radical (unpaired) electrons. The number of methoxy groups -OCH3 is 1. The second-order valence-corrected chi connectivity index (χ2v) is 8.46. The number of imide groups is 1. The molecule has 0 atom stereocenters. The van der Waals surface area contributed by atoms with Gasteiger partial charge in [0.25, 0.3) is 17.7 Å². The quantitative estimate of drug-likeness (QED) is 0.459. The fourth-order valence-corrected chi connectivity index (χ4v) is 3.94. The van der Waals surface area contributed by atoms with Gasteiger partial charge in [-0.1, -0.05) is 60.1 Å². The Morgan fingerprint density at radius 3 is 2.34 bits per heavy atom. The van der Waals surface area contributed by atoms with Crippen LogP contribution in [0.2, 0.25) is 0 Å². The lowest BCUT2D eigenvalue weighted by Gasteiger charge is -2.15. The number of aryl methyl sites for hydroxylation is 1. The Morgan fingerprint density at radius 2 is 1.66 bits per heavy atom. The number of halogens is 1. The maximum Gasteiger partial charge on any atom is 0.278 e. The van der Waals surface area contributed by atoms with Crippen molar-refractivity contribution in [1.29, 1.82) is 0 Å². The Balaban J connectivity index is 1.38. The monoisotopic (exact) mass is 489 g/mol. The highest BCUT2D eigenvalue weighted by Gasteiger charge is 2.37. The Kier molecular flexibility index (Phi) is 7.17. The second-order valence-electron chi connectivity index (χ2n) is 8.08. The van der Waals surface area contributed by atoms with Gasteiger partial charge in [-0.05, 0) is 47.9 Å². The molecular formula is C27H24ClN3O4. The third kappa shape index (κ3) is 5.36. The lowest BCUT2D eigenvalue weighted by Crippen LogP contribution is -2.33. The summed E-state index contributed by atoms with van der Waals surface area (Å²) in [5, 5.41) is 5.71. The highest BCUT2D eigenvalue weighted by atomic mass is 35.5. The number of benzene rings is 3. The van der Waals surface area contributed by atoms with E-state index in [-0.39, 0.29) is 29.7 Å². The van der Waals surface area contributed by atoms with Crippen LogP contribution < -0.4 is 15.4 Å². The van der Waals surface area contributed by atoms with E-state index in [4.69, 9.17) is 16.3 Å². The van der Waals surface area contributed by atoms with Gasteiger partial charge >= 0.3 is 0 Å². The number of rotatable bonds is 8. The van der Waals surface area contributed by atoms with Crippen LogP contribution in [0, 0.1) is 6.92 Å². The highest BCUT2D eigenvalue weighted by molar-refractivity contribution is 6.47. The Morgan fingerprint density at radius 1 is 0.943 bits per heavy atom. The average Bonchev–Trinajstić information content (AvgIpc) is 3.06. The van der Waals surface area contributed by atoms with Crippen molar-refractivity contribution in [1.82, 2.24) is 10.2 Å². The molecule has 3 amide bonds. The molecule has 0 spiro atoms. The molecule has 8 heteroatoms. The van der Waals surface area contributed by atoms with E-state index in [2.05, 4.69) is 10.6 Å². The van der Waals surface area contributed by atoms with E-state index in [0.717, 1.165) is 21.6 Å². The molecule has 1 heterocycles. The van der Waals surface area contributed by atoms with E-state index in [9.17, 15) is 14.4 Å². The summed E-state index contributed by atoms with van der Waals surface area (Å²) in [6, 6.07) is 21.7. The zero-order valence-corrected chi connectivity index (χ0v) is 20.1. The fourth-order valence-electron chi connectivity index (χ4n) is 3.69. The van der Waals surface area contributed by atoms with Crippen molar-refractivity contribution in [3.63, 3.8) is 0 Å². The van der Waals surface area contributed by atoms with Crippen LogP contribution in [0.3, 0.4) is 0 Å². The zero-order valence-electron chi connectivity index (χ0n) is 19.3. The van der Waals surface area contributed by atoms with Gasteiger partial charge in [-0.25, -0.2) is 0 Å². The van der Waals surface area contributed by atoms with Crippen LogP contribution in [-0.4, -0.2) is 29.7 Å². The van der Waals surface area contributed by atoms with Crippen molar-refractivity contribution < 1.29 is 19.1 Å². The summed E-state index contributed by atoms with van der Waals surface area (Å²) in [6.45, 7) is 2.34. The van der Waals surface area contributed by atoms with Crippen LogP contribution in [0.15, 0.2) is 83.5 Å². The minimum absolute atomic E-state index is 0.0703. The van der Waals surface area contributed by atoms with Gasteiger partial charge in [0.2, 0.25) is 0 Å². The SMILES string of the molecule is COc1ccc(C)cc1NC(=O)c1ccc(CNC2=C(Cl)C(=O)N(Cc3ccccc3)C2=O)cc1. The molecule has 7 nitrogen and oxygen atoms in total. The molecule has 0 saturated heterocycles. The minimum Gasteiger partial charge on any atom is -0.495 e. The summed E-state index contributed by atoms with van der Waals surface area (Å²) in [5.74, 6) is -0.687. The van der Waals surface area contributed by atoms with Crippen molar-refractivity contribution in [2.24, 2.45) is 0 Å². The largest absolute Gasteiger partial charge is 0.495 e. The molecule has 0 bridgehead atoms. The third-order valence-corrected chi connectivity index (χ3v) is 5.93. The van der Waals surface area contributed by atoms with Gasteiger partial charge in [-0.2, -0.15) is 0 Å². The van der Waals surface area contributed by atoms with E-state index < -0.39 is 11.8 Å². The second kappa shape index (κ2) is 10.4. The maximum atomic E-state index is 12.8. The number of hydrogen-bond acceptors (Lipinski definition) is 5. The molecule has 1 aliphatic rings. The number of nitrogens with one attached hydrogen (secondary N) is 2. The van der Waals surface area contributed by atoms with E-state index >= 15 is 0 Å². The number of hydrogen-bond donors (Lipinski definition) is 2. The first-order valence-corrected chi connectivity index (χ1v) is 11.3. The normalized spacial score (nSPS) is 13.3. The first-order chi connectivity index (χ1) is 16.9. The van der Waals surface area contributed by atoms with Crippen molar-refractivity contribution in [3.05, 3.63) is 106 Å². The van der Waals surface area contributed by atoms with Crippen molar-refractivity contribution >= 4 is 35.0 Å². The molecule has 35 heavy (non-hydrogen) atoms. The van der Waals surface area contributed by atoms with Crippen LogP contribution in [0.1, 0.15) is 27.0 Å². The standard InChI is InChI=1S/C27H24ClN3O4/c1-17-8-13-22(35-2)21(14-17)30-25(32)20-11-9-18(10-12-20)15-29-24-23(28)26(33)31(27(24)34)16-19-6-4-3-5-7-19/h3-14,29H,15-16H2,1-2H3,(H,30,32). The Labute approximate surface area is 208 Å². The number of amides is 3. The molecule has 3 aromatic rings. The fraction of sp³-hybridized carbons (Fsp3) is 0.148. The first-order valence-electron chi connectivity index (χ1n) is 11.0. The van der Waals surface area contributed by atoms with Crippen molar-refractivity contribution in [2.75, 3.05) is 12.4 Å². The van der Waals surface area contributed by atoms with Crippen LogP contribution in [0.4, 0.5) is 5.69 Å². The lowest BCUT2D eigenvalue weighted by molar-refractivity contribution is -0.138. The van der Waals surface area contributed by atoms with E-state index in [1.807, 2.05) is 49.4 Å². The molecule has 178 valence electrons. The van der Waals surface area contributed by atoms with E-state index in [1.165, 1.54) is 0 Å². The first kappa shape index (κ1) is 24.0. The molecule has 3 aromatic carbocycles. The molecule has 2 N–H and O–H groups in total. The van der Waals surface area contributed by atoms with E-state index in [0.29, 0.717) is 17.0 Å². The van der Waals surface area contributed by atoms with Gasteiger partial charge < -0.3 is 15.4 Å². The Bertz CT molecular complexity index is 1300. The summed E-state index contributed by atoms with van der Waals surface area (Å²) >= 11 is 6.17. The minimum atomic E-state index is -0.526. The molecule has 1 aliphatic heterocycles. The average molecular weight is 490 g/mol. The zero-order chi connectivity index (χ0) is 24.9.